The summed E-state index contributed by atoms with van der Waals surface area (Å²) in [7, 11) is -3.20. The molecule has 1 rings (SSSR count). The van der Waals surface area contributed by atoms with Gasteiger partial charge in [-0.25, -0.2) is 0 Å². The van der Waals surface area contributed by atoms with Crippen molar-refractivity contribution in [2.75, 3.05) is 13.2 Å². The van der Waals surface area contributed by atoms with E-state index in [1.165, 1.54) is 0 Å². The van der Waals surface area contributed by atoms with Gasteiger partial charge in [0.15, 0.2) is 0 Å². The van der Waals surface area contributed by atoms with E-state index < -0.39 is 19.5 Å². The van der Waals surface area contributed by atoms with Crippen LogP contribution in [-0.4, -0.2) is 31.1 Å². The number of primary amides is 1. The Hall–Kier alpha value is -1.69. The van der Waals surface area contributed by atoms with Gasteiger partial charge in [0.05, 0.1) is 19.4 Å². The summed E-state index contributed by atoms with van der Waals surface area (Å²) in [6.07, 6.45) is 4.70. The fourth-order valence-electron chi connectivity index (χ4n) is 2.81. The highest BCUT2D eigenvalue weighted by atomic mass is 31.2. The zero-order chi connectivity index (χ0) is 21.0. The molecule has 0 aliphatic heterocycles. The summed E-state index contributed by atoms with van der Waals surface area (Å²) in [5, 5.41) is 2.70. The molecule has 0 saturated heterocycles. The molecule has 0 unspecified atom stereocenters. The van der Waals surface area contributed by atoms with Gasteiger partial charge in [-0.2, -0.15) is 0 Å². The minimum atomic E-state index is -3.20. The summed E-state index contributed by atoms with van der Waals surface area (Å²) in [5.41, 5.74) is 6.57. The highest BCUT2D eigenvalue weighted by Gasteiger charge is 2.24. The van der Waals surface area contributed by atoms with Crippen LogP contribution < -0.4 is 11.1 Å². The summed E-state index contributed by atoms with van der Waals surface area (Å²) in [6.45, 7) is 6.22. The lowest BCUT2D eigenvalue weighted by molar-refractivity contribution is -0.120. The molecule has 0 aliphatic carbocycles. The lowest BCUT2D eigenvalue weighted by Crippen LogP contribution is -2.44. The van der Waals surface area contributed by atoms with E-state index in [2.05, 4.69) is 12.2 Å². The van der Waals surface area contributed by atoms with Crippen LogP contribution in [0.25, 0.3) is 0 Å². The van der Waals surface area contributed by atoms with Gasteiger partial charge in [0, 0.05) is 5.56 Å². The number of benzene rings is 1. The number of hydrogen-bond acceptors (Lipinski definition) is 5. The Kier molecular flexibility index (Phi) is 11.0. The maximum absolute atomic E-state index is 12.6. The van der Waals surface area contributed by atoms with Gasteiger partial charge in [-0.05, 0) is 38.0 Å². The molecule has 0 radical (unpaired) electrons. The number of hydrogen-bond donors (Lipinski definition) is 2. The van der Waals surface area contributed by atoms with Gasteiger partial charge in [-0.3, -0.25) is 14.2 Å². The average Bonchev–Trinajstić information content (AvgIpc) is 2.64. The van der Waals surface area contributed by atoms with Gasteiger partial charge in [0.1, 0.15) is 6.04 Å². The minimum absolute atomic E-state index is 0.137. The SMILES string of the molecule is CCCCCC[C@H](NC(=O)c1ccc(CP(=O)(OCC)OCC)cc1)C(N)=O. The summed E-state index contributed by atoms with van der Waals surface area (Å²) in [5.74, 6) is -0.889. The Balaban J connectivity index is 2.71. The molecular weight excluding hydrogens is 379 g/mol. The van der Waals surface area contributed by atoms with Crippen LogP contribution in [-0.2, 0) is 24.6 Å². The zero-order valence-electron chi connectivity index (χ0n) is 17.1. The van der Waals surface area contributed by atoms with Crippen LogP contribution in [0.15, 0.2) is 24.3 Å². The van der Waals surface area contributed by atoms with Crippen LogP contribution in [0, 0.1) is 0 Å². The van der Waals surface area contributed by atoms with Crippen molar-refractivity contribution in [2.45, 2.75) is 65.1 Å². The lowest BCUT2D eigenvalue weighted by atomic mass is 10.1. The topological polar surface area (TPSA) is 108 Å². The second-order valence-corrected chi connectivity index (χ2v) is 8.63. The Morgan fingerprint density at radius 1 is 1.04 bits per heavy atom. The van der Waals surface area contributed by atoms with Crippen molar-refractivity contribution in [1.82, 2.24) is 5.32 Å². The molecule has 3 N–H and O–H groups in total. The van der Waals surface area contributed by atoms with E-state index in [0.717, 1.165) is 31.2 Å². The summed E-state index contributed by atoms with van der Waals surface area (Å²) < 4.78 is 23.2. The van der Waals surface area contributed by atoms with Crippen LogP contribution in [0.1, 0.15) is 68.8 Å². The van der Waals surface area contributed by atoms with Crippen molar-refractivity contribution in [1.29, 1.82) is 0 Å². The first-order valence-corrected chi connectivity index (χ1v) is 11.6. The molecule has 1 aromatic rings. The summed E-state index contributed by atoms with van der Waals surface area (Å²) in [6, 6.07) is 5.99. The first-order chi connectivity index (χ1) is 13.3. The van der Waals surface area contributed by atoms with E-state index >= 15 is 0 Å². The van der Waals surface area contributed by atoms with Crippen molar-refractivity contribution in [3.8, 4) is 0 Å². The fraction of sp³-hybridized carbons (Fsp3) is 0.600. The number of nitrogens with two attached hydrogens (primary N) is 1. The Labute approximate surface area is 167 Å². The maximum atomic E-state index is 12.6. The lowest BCUT2D eigenvalue weighted by Gasteiger charge is -2.17. The van der Waals surface area contributed by atoms with Crippen LogP contribution in [0.2, 0.25) is 0 Å². The number of rotatable bonds is 14. The smallest absolute Gasteiger partial charge is 0.335 e. The molecule has 28 heavy (non-hydrogen) atoms. The van der Waals surface area contributed by atoms with Gasteiger partial charge < -0.3 is 20.1 Å². The second kappa shape index (κ2) is 12.7. The normalized spacial score (nSPS) is 12.5. The van der Waals surface area contributed by atoms with Crippen molar-refractivity contribution in [3.05, 3.63) is 35.4 Å². The Bertz CT molecular complexity index is 653. The molecule has 0 heterocycles. The number of unbranched alkanes of at least 4 members (excludes halogenated alkanes) is 3. The van der Waals surface area contributed by atoms with E-state index in [1.807, 2.05) is 0 Å². The van der Waals surface area contributed by atoms with Crippen LogP contribution in [0.3, 0.4) is 0 Å². The third-order valence-corrected chi connectivity index (χ3v) is 6.29. The van der Waals surface area contributed by atoms with Crippen molar-refractivity contribution >= 4 is 19.4 Å². The minimum Gasteiger partial charge on any atom is -0.368 e. The summed E-state index contributed by atoms with van der Waals surface area (Å²) >= 11 is 0. The van der Waals surface area contributed by atoms with Gasteiger partial charge >= 0.3 is 7.60 Å². The molecule has 0 spiro atoms. The third kappa shape index (κ3) is 8.55. The van der Waals surface area contributed by atoms with Gasteiger partial charge in [-0.15, -0.1) is 0 Å². The predicted octanol–water partition coefficient (Wildman–Crippen LogP) is 4.01. The molecule has 0 fully saturated rings. The first kappa shape index (κ1) is 24.3. The molecule has 158 valence electrons. The molecular formula is C20H33N2O5P. The third-order valence-electron chi connectivity index (χ3n) is 4.24. The van der Waals surface area contributed by atoms with Crippen LogP contribution in [0.4, 0.5) is 0 Å². The molecule has 8 heteroatoms. The maximum Gasteiger partial charge on any atom is 0.335 e. The van der Waals surface area contributed by atoms with Crippen molar-refractivity contribution in [3.63, 3.8) is 0 Å². The number of amides is 2. The van der Waals surface area contributed by atoms with E-state index in [-0.39, 0.29) is 12.1 Å². The molecule has 0 aromatic heterocycles. The standard InChI is InChI=1S/C20H33N2O5P/c1-4-7-8-9-10-18(19(21)23)22-20(24)17-13-11-16(12-14-17)15-28(25,26-5-2)27-6-3/h11-14,18H,4-10,15H2,1-3H3,(H2,21,23)(H,22,24)/t18-/m0/s1. The molecule has 0 bridgehead atoms. The molecule has 0 saturated carbocycles. The highest BCUT2D eigenvalue weighted by Crippen LogP contribution is 2.51. The Morgan fingerprint density at radius 2 is 1.64 bits per heavy atom. The van der Waals surface area contributed by atoms with E-state index in [4.69, 9.17) is 14.8 Å². The molecule has 7 nitrogen and oxygen atoms in total. The van der Waals surface area contributed by atoms with Crippen molar-refractivity contribution in [2.24, 2.45) is 5.73 Å². The quantitative estimate of drug-likeness (QED) is 0.355. The average molecular weight is 412 g/mol. The van der Waals surface area contributed by atoms with Crippen molar-refractivity contribution < 1.29 is 23.2 Å². The number of carbonyl (C=O) groups excluding carboxylic acids is 2. The fourth-order valence-corrected chi connectivity index (χ4v) is 4.51. The molecule has 0 aliphatic rings. The summed E-state index contributed by atoms with van der Waals surface area (Å²) in [4.78, 5) is 24.0. The predicted molar refractivity (Wildman–Crippen MR) is 110 cm³/mol. The van der Waals surface area contributed by atoms with Gasteiger partial charge in [0.2, 0.25) is 5.91 Å². The molecule has 2 amide bonds. The number of carbonyl (C=O) groups is 2. The number of nitrogens with one attached hydrogen (secondary N) is 1. The Morgan fingerprint density at radius 3 is 2.14 bits per heavy atom. The first-order valence-electron chi connectivity index (χ1n) is 9.92. The van der Waals surface area contributed by atoms with E-state index in [1.54, 1.807) is 38.1 Å². The monoisotopic (exact) mass is 412 g/mol. The zero-order valence-corrected chi connectivity index (χ0v) is 18.0. The highest BCUT2D eigenvalue weighted by molar-refractivity contribution is 7.53. The van der Waals surface area contributed by atoms with E-state index in [0.29, 0.717) is 25.2 Å². The largest absolute Gasteiger partial charge is 0.368 e. The molecule has 1 atom stereocenters. The van der Waals surface area contributed by atoms with Crippen LogP contribution in [0.5, 0.6) is 0 Å². The van der Waals surface area contributed by atoms with Gasteiger partial charge in [0.25, 0.3) is 5.91 Å². The van der Waals surface area contributed by atoms with Gasteiger partial charge in [-0.1, -0.05) is 44.7 Å². The van der Waals surface area contributed by atoms with Crippen LogP contribution >= 0.6 is 7.60 Å². The molecule has 1 aromatic carbocycles. The van der Waals surface area contributed by atoms with E-state index in [9.17, 15) is 14.2 Å². The second-order valence-electron chi connectivity index (χ2n) is 6.58.